The number of pyridine rings is 1. The highest BCUT2D eigenvalue weighted by atomic mass is 16.5. The van der Waals surface area contributed by atoms with Crippen LogP contribution in [-0.4, -0.2) is 73.3 Å². The number of ether oxygens (including phenoxy) is 3. The van der Waals surface area contributed by atoms with E-state index in [0.717, 1.165) is 37.1 Å². The summed E-state index contributed by atoms with van der Waals surface area (Å²) in [6.45, 7) is 2.80. The van der Waals surface area contributed by atoms with Crippen LogP contribution in [0.15, 0.2) is 36.7 Å². The van der Waals surface area contributed by atoms with Crippen LogP contribution in [0, 0.1) is 5.92 Å². The molecule has 0 amide bonds. The average molecular weight is 402 g/mol. The van der Waals surface area contributed by atoms with Crippen molar-refractivity contribution in [2.24, 2.45) is 5.92 Å². The SMILES string of the molecule is COc1cc(OCC(O)CN2CCC(CO)CC2)cc(-c2ccncc2OC)c1. The van der Waals surface area contributed by atoms with Crippen molar-refractivity contribution < 1.29 is 24.4 Å². The van der Waals surface area contributed by atoms with E-state index in [4.69, 9.17) is 14.2 Å². The standard InChI is InChI=1S/C22H30N2O5/c1-27-19-9-17(21-3-6-23-12-22(21)28-2)10-20(11-19)29-15-18(26)13-24-7-4-16(14-25)5-8-24/h3,6,9-12,16,18,25-26H,4-5,7-8,13-15H2,1-2H3. The number of likely N-dealkylation sites (tertiary alicyclic amines) is 1. The quantitative estimate of drug-likeness (QED) is 0.665. The first-order valence-corrected chi connectivity index (χ1v) is 9.94. The number of benzene rings is 1. The summed E-state index contributed by atoms with van der Waals surface area (Å²) >= 11 is 0. The molecule has 0 radical (unpaired) electrons. The van der Waals surface area contributed by atoms with Gasteiger partial charge in [-0.1, -0.05) is 0 Å². The summed E-state index contributed by atoms with van der Waals surface area (Å²) in [6, 6.07) is 7.49. The Balaban J connectivity index is 1.63. The minimum Gasteiger partial charge on any atom is -0.497 e. The Morgan fingerprint density at radius 3 is 2.59 bits per heavy atom. The van der Waals surface area contributed by atoms with Gasteiger partial charge in [-0.15, -0.1) is 0 Å². The maximum absolute atomic E-state index is 10.4. The summed E-state index contributed by atoms with van der Waals surface area (Å²) in [6.07, 6.45) is 4.72. The largest absolute Gasteiger partial charge is 0.497 e. The number of aromatic nitrogens is 1. The summed E-state index contributed by atoms with van der Waals surface area (Å²) in [5, 5.41) is 19.6. The number of β-amino-alcohol motifs (C(OH)–C–C–N with tert-alkyl or cyclic N) is 1. The zero-order valence-corrected chi connectivity index (χ0v) is 17.1. The highest BCUT2D eigenvalue weighted by molar-refractivity contribution is 5.72. The highest BCUT2D eigenvalue weighted by Gasteiger charge is 2.20. The normalized spacial score (nSPS) is 16.4. The number of hydrogen-bond donors (Lipinski definition) is 2. The van der Waals surface area contributed by atoms with Crippen molar-refractivity contribution in [3.8, 4) is 28.4 Å². The van der Waals surface area contributed by atoms with Gasteiger partial charge in [-0.25, -0.2) is 0 Å². The van der Waals surface area contributed by atoms with Gasteiger partial charge in [0.05, 0.1) is 20.4 Å². The fourth-order valence-electron chi connectivity index (χ4n) is 3.60. The molecule has 1 aromatic heterocycles. The van der Waals surface area contributed by atoms with Gasteiger partial charge in [-0.2, -0.15) is 0 Å². The van der Waals surface area contributed by atoms with Gasteiger partial charge in [0, 0.05) is 31.0 Å². The number of aliphatic hydroxyl groups is 2. The van der Waals surface area contributed by atoms with E-state index in [1.807, 2.05) is 18.2 Å². The van der Waals surface area contributed by atoms with E-state index in [1.165, 1.54) is 0 Å². The van der Waals surface area contributed by atoms with Crippen LogP contribution in [-0.2, 0) is 0 Å². The molecule has 1 atom stereocenters. The number of piperidine rings is 1. The van der Waals surface area contributed by atoms with Gasteiger partial charge >= 0.3 is 0 Å². The van der Waals surface area contributed by atoms with Crippen LogP contribution in [0.1, 0.15) is 12.8 Å². The molecule has 1 aliphatic heterocycles. The zero-order chi connectivity index (χ0) is 20.6. The second-order valence-corrected chi connectivity index (χ2v) is 7.36. The number of hydrogen-bond acceptors (Lipinski definition) is 7. The summed E-state index contributed by atoms with van der Waals surface area (Å²) in [4.78, 5) is 6.31. The number of methoxy groups -OCH3 is 2. The summed E-state index contributed by atoms with van der Waals surface area (Å²) in [5.41, 5.74) is 1.78. The lowest BCUT2D eigenvalue weighted by Crippen LogP contribution is -2.41. The molecule has 29 heavy (non-hydrogen) atoms. The van der Waals surface area contributed by atoms with E-state index in [9.17, 15) is 10.2 Å². The molecule has 1 fully saturated rings. The Morgan fingerprint density at radius 1 is 1.14 bits per heavy atom. The monoisotopic (exact) mass is 402 g/mol. The minimum atomic E-state index is -0.592. The molecule has 2 aromatic rings. The smallest absolute Gasteiger partial charge is 0.144 e. The van der Waals surface area contributed by atoms with E-state index in [0.29, 0.717) is 29.7 Å². The Labute approximate surface area is 171 Å². The van der Waals surface area contributed by atoms with Crippen molar-refractivity contribution in [3.63, 3.8) is 0 Å². The molecule has 3 rings (SSSR count). The topological polar surface area (TPSA) is 84.3 Å². The first-order valence-electron chi connectivity index (χ1n) is 9.94. The lowest BCUT2D eigenvalue weighted by Gasteiger charge is -2.32. The average Bonchev–Trinajstić information content (AvgIpc) is 2.78. The van der Waals surface area contributed by atoms with Gasteiger partial charge in [0.2, 0.25) is 0 Å². The molecule has 1 aliphatic rings. The molecule has 1 aromatic carbocycles. The molecular formula is C22H30N2O5. The van der Waals surface area contributed by atoms with E-state index >= 15 is 0 Å². The molecule has 1 unspecified atom stereocenters. The molecule has 0 bridgehead atoms. The minimum absolute atomic E-state index is 0.194. The van der Waals surface area contributed by atoms with E-state index < -0.39 is 6.10 Å². The predicted molar refractivity (Wildman–Crippen MR) is 111 cm³/mol. The fraction of sp³-hybridized carbons (Fsp3) is 0.500. The Morgan fingerprint density at radius 2 is 1.90 bits per heavy atom. The molecule has 7 nitrogen and oxygen atoms in total. The second kappa shape index (κ2) is 10.4. The molecule has 0 saturated carbocycles. The van der Waals surface area contributed by atoms with Crippen molar-refractivity contribution >= 4 is 0 Å². The maximum Gasteiger partial charge on any atom is 0.144 e. The van der Waals surface area contributed by atoms with Crippen LogP contribution < -0.4 is 14.2 Å². The highest BCUT2D eigenvalue weighted by Crippen LogP contribution is 2.34. The van der Waals surface area contributed by atoms with Crippen LogP contribution in [0.3, 0.4) is 0 Å². The van der Waals surface area contributed by atoms with Crippen molar-refractivity contribution in [2.75, 3.05) is 47.1 Å². The lowest BCUT2D eigenvalue weighted by molar-refractivity contribution is 0.0488. The molecule has 7 heteroatoms. The third kappa shape index (κ3) is 5.82. The molecular weight excluding hydrogens is 372 g/mol. The van der Waals surface area contributed by atoms with Gasteiger partial charge in [0.15, 0.2) is 0 Å². The summed E-state index contributed by atoms with van der Waals surface area (Å²) in [7, 11) is 3.22. The van der Waals surface area contributed by atoms with Crippen molar-refractivity contribution in [1.29, 1.82) is 0 Å². The van der Waals surface area contributed by atoms with Crippen molar-refractivity contribution in [2.45, 2.75) is 18.9 Å². The molecule has 1 saturated heterocycles. The van der Waals surface area contributed by atoms with Crippen LogP contribution >= 0.6 is 0 Å². The van der Waals surface area contributed by atoms with Gasteiger partial charge < -0.3 is 29.3 Å². The molecule has 0 spiro atoms. The lowest BCUT2D eigenvalue weighted by atomic mass is 9.98. The number of rotatable bonds is 9. The van der Waals surface area contributed by atoms with Crippen molar-refractivity contribution in [1.82, 2.24) is 9.88 Å². The second-order valence-electron chi connectivity index (χ2n) is 7.36. The van der Waals surface area contributed by atoms with Gasteiger partial charge in [-0.3, -0.25) is 4.98 Å². The van der Waals surface area contributed by atoms with Crippen LogP contribution in [0.5, 0.6) is 17.2 Å². The maximum atomic E-state index is 10.4. The first-order chi connectivity index (χ1) is 14.1. The van der Waals surface area contributed by atoms with Crippen molar-refractivity contribution in [3.05, 3.63) is 36.7 Å². The van der Waals surface area contributed by atoms with E-state index in [2.05, 4.69) is 9.88 Å². The zero-order valence-electron chi connectivity index (χ0n) is 17.1. The van der Waals surface area contributed by atoms with Crippen LogP contribution in [0.4, 0.5) is 0 Å². The summed E-state index contributed by atoms with van der Waals surface area (Å²) < 4.78 is 16.7. The predicted octanol–water partition coefficient (Wildman–Crippen LogP) is 2.21. The Bertz CT molecular complexity index is 778. The fourth-order valence-corrected chi connectivity index (χ4v) is 3.60. The Kier molecular flexibility index (Phi) is 7.69. The molecule has 2 N–H and O–H groups in total. The third-order valence-corrected chi connectivity index (χ3v) is 5.31. The molecule has 158 valence electrons. The van der Waals surface area contributed by atoms with Crippen LogP contribution in [0.2, 0.25) is 0 Å². The Hall–Kier alpha value is -2.35. The van der Waals surface area contributed by atoms with E-state index in [1.54, 1.807) is 32.7 Å². The number of aliphatic hydroxyl groups excluding tert-OH is 2. The van der Waals surface area contributed by atoms with Crippen LogP contribution in [0.25, 0.3) is 11.1 Å². The third-order valence-electron chi connectivity index (χ3n) is 5.31. The molecule has 0 aliphatic carbocycles. The van der Waals surface area contributed by atoms with Gasteiger partial charge in [0.25, 0.3) is 0 Å². The van der Waals surface area contributed by atoms with E-state index in [-0.39, 0.29) is 13.2 Å². The van der Waals surface area contributed by atoms with Gasteiger partial charge in [-0.05, 0) is 55.6 Å². The number of nitrogens with zero attached hydrogens (tertiary/aromatic N) is 2. The molecule has 2 heterocycles. The van der Waals surface area contributed by atoms with Gasteiger partial charge in [0.1, 0.15) is 30.0 Å². The first kappa shape index (κ1) is 21.4. The summed E-state index contributed by atoms with van der Waals surface area (Å²) in [5.74, 6) is 2.34.